The maximum Gasteiger partial charge on any atom is 0.407 e. The summed E-state index contributed by atoms with van der Waals surface area (Å²) in [4.78, 5) is 34.4. The monoisotopic (exact) mass is 492 g/mol. The van der Waals surface area contributed by atoms with Crippen LogP contribution in [0, 0.1) is 17.6 Å². The summed E-state index contributed by atoms with van der Waals surface area (Å²) >= 11 is 5.84. The highest BCUT2D eigenvalue weighted by atomic mass is 35.5. The number of carbonyl (C=O) groups is 2. The molecule has 1 aromatic heterocycles. The number of nitrogens with zero attached hydrogens (tertiary/aromatic N) is 4. The van der Waals surface area contributed by atoms with Crippen LogP contribution in [0.3, 0.4) is 0 Å². The number of benzene rings is 1. The van der Waals surface area contributed by atoms with Crippen molar-refractivity contribution in [3.63, 3.8) is 0 Å². The molecule has 2 amide bonds. The summed E-state index contributed by atoms with van der Waals surface area (Å²) in [5, 5.41) is 9.72. The van der Waals surface area contributed by atoms with Crippen molar-refractivity contribution in [2.45, 2.75) is 31.7 Å². The third kappa shape index (κ3) is 4.94. The summed E-state index contributed by atoms with van der Waals surface area (Å²) in [6, 6.07) is 7.01. The Morgan fingerprint density at radius 1 is 1.18 bits per heavy atom. The van der Waals surface area contributed by atoms with Crippen molar-refractivity contribution < 1.29 is 23.5 Å². The van der Waals surface area contributed by atoms with Gasteiger partial charge in [0, 0.05) is 44.6 Å². The first-order valence-electron chi connectivity index (χ1n) is 11.4. The van der Waals surface area contributed by atoms with Crippen molar-refractivity contribution in [3.8, 4) is 0 Å². The number of likely N-dealkylation sites (tertiary alicyclic amines) is 1. The van der Waals surface area contributed by atoms with E-state index in [0.29, 0.717) is 43.9 Å². The number of anilines is 1. The molecule has 3 heterocycles. The van der Waals surface area contributed by atoms with Crippen LogP contribution in [0.4, 0.5) is 19.4 Å². The minimum Gasteiger partial charge on any atom is -0.465 e. The number of amides is 2. The van der Waals surface area contributed by atoms with Crippen molar-refractivity contribution in [3.05, 3.63) is 58.7 Å². The molecule has 2 aliphatic heterocycles. The van der Waals surface area contributed by atoms with Crippen molar-refractivity contribution in [2.24, 2.45) is 5.92 Å². The first-order chi connectivity index (χ1) is 16.3. The van der Waals surface area contributed by atoms with Gasteiger partial charge in [0.05, 0.1) is 17.3 Å². The first kappa shape index (κ1) is 24.2. The standard InChI is InChI=1S/C24H27ClF2N4O3/c1-2-31(24(33)34)21-14-30(13-18(21)16-3-5-19(25)20(27)11-16)23(32)15-7-9-29(10-8-15)22-6-4-17(26)12-28-22/h3-6,11-12,15,18,21H,2,7-10,13-14H2,1H3,(H,33,34)/t18-,21+/m0/s1. The van der Waals surface area contributed by atoms with Gasteiger partial charge in [-0.2, -0.15) is 0 Å². The summed E-state index contributed by atoms with van der Waals surface area (Å²) in [5.74, 6) is -0.848. The zero-order valence-corrected chi connectivity index (χ0v) is 19.6. The zero-order chi connectivity index (χ0) is 24.4. The van der Waals surface area contributed by atoms with Crippen LogP contribution >= 0.6 is 11.6 Å². The number of carbonyl (C=O) groups excluding carboxylic acids is 1. The van der Waals surface area contributed by atoms with Gasteiger partial charge < -0.3 is 19.8 Å². The van der Waals surface area contributed by atoms with Crippen LogP contribution in [-0.4, -0.2) is 70.7 Å². The lowest BCUT2D eigenvalue weighted by Crippen LogP contribution is -2.45. The van der Waals surface area contributed by atoms with Crippen molar-refractivity contribution in [1.29, 1.82) is 0 Å². The number of rotatable bonds is 5. The molecule has 34 heavy (non-hydrogen) atoms. The number of piperidine rings is 1. The third-order valence-corrected chi connectivity index (χ3v) is 7.15. The molecule has 0 bridgehead atoms. The largest absolute Gasteiger partial charge is 0.465 e. The molecule has 0 unspecified atom stereocenters. The molecular formula is C24H27ClF2N4O3. The number of hydrogen-bond acceptors (Lipinski definition) is 4. The second-order valence-electron chi connectivity index (χ2n) is 8.76. The minimum absolute atomic E-state index is 0.000726. The quantitative estimate of drug-likeness (QED) is 0.676. The molecular weight excluding hydrogens is 466 g/mol. The summed E-state index contributed by atoms with van der Waals surface area (Å²) < 4.78 is 27.3. The van der Waals surface area contributed by atoms with Crippen molar-refractivity contribution in [1.82, 2.24) is 14.8 Å². The Hall–Kier alpha value is -2.94. The van der Waals surface area contributed by atoms with Crippen LogP contribution in [0.5, 0.6) is 0 Å². The molecule has 4 rings (SSSR count). The maximum absolute atomic E-state index is 14.2. The average molecular weight is 493 g/mol. The Morgan fingerprint density at radius 3 is 2.50 bits per heavy atom. The molecule has 7 nitrogen and oxygen atoms in total. The number of halogens is 3. The van der Waals surface area contributed by atoms with Crippen molar-refractivity contribution >= 4 is 29.4 Å². The van der Waals surface area contributed by atoms with E-state index in [4.69, 9.17) is 11.6 Å². The predicted octanol–water partition coefficient (Wildman–Crippen LogP) is 4.22. The number of hydrogen-bond donors (Lipinski definition) is 1. The van der Waals surface area contributed by atoms with E-state index in [1.807, 2.05) is 4.90 Å². The SMILES string of the molecule is CCN(C(=O)O)[C@@H]1CN(C(=O)C2CCN(c3ccc(F)cn3)CC2)C[C@H]1c1ccc(Cl)c(F)c1. The Balaban J connectivity index is 1.48. The number of pyridine rings is 1. The van der Waals surface area contributed by atoms with Crippen molar-refractivity contribution in [2.75, 3.05) is 37.6 Å². The van der Waals surface area contributed by atoms with Gasteiger partial charge in [-0.25, -0.2) is 18.6 Å². The van der Waals surface area contributed by atoms with Crippen LogP contribution < -0.4 is 4.90 Å². The van der Waals surface area contributed by atoms with Crippen LogP contribution in [0.25, 0.3) is 0 Å². The van der Waals surface area contributed by atoms with Gasteiger partial charge in [0.25, 0.3) is 0 Å². The van der Waals surface area contributed by atoms with E-state index in [0.717, 1.165) is 0 Å². The van der Waals surface area contributed by atoms with Gasteiger partial charge in [-0.15, -0.1) is 0 Å². The van der Waals surface area contributed by atoms with E-state index in [9.17, 15) is 23.5 Å². The fourth-order valence-corrected chi connectivity index (χ4v) is 5.15. The fourth-order valence-electron chi connectivity index (χ4n) is 5.03. The second-order valence-corrected chi connectivity index (χ2v) is 9.16. The lowest BCUT2D eigenvalue weighted by atomic mass is 9.93. The Morgan fingerprint density at radius 2 is 1.91 bits per heavy atom. The predicted molar refractivity (Wildman–Crippen MR) is 124 cm³/mol. The van der Waals surface area contributed by atoms with Crippen LogP contribution in [-0.2, 0) is 4.79 Å². The molecule has 0 saturated carbocycles. The van der Waals surface area contributed by atoms with E-state index < -0.39 is 23.8 Å². The van der Waals surface area contributed by atoms with Gasteiger partial charge >= 0.3 is 6.09 Å². The minimum atomic E-state index is -1.07. The van der Waals surface area contributed by atoms with Crippen LogP contribution in [0.15, 0.2) is 36.5 Å². The van der Waals surface area contributed by atoms with Gasteiger partial charge in [-0.3, -0.25) is 4.79 Å². The molecule has 182 valence electrons. The highest BCUT2D eigenvalue weighted by molar-refractivity contribution is 6.30. The number of carboxylic acid groups (broad SMARTS) is 1. The highest BCUT2D eigenvalue weighted by Crippen LogP contribution is 2.35. The molecule has 1 aromatic carbocycles. The van der Waals surface area contributed by atoms with E-state index in [1.165, 1.54) is 29.3 Å². The zero-order valence-electron chi connectivity index (χ0n) is 18.8. The summed E-state index contributed by atoms with van der Waals surface area (Å²) in [5.41, 5.74) is 0.624. The van der Waals surface area contributed by atoms with Gasteiger partial charge in [-0.05, 0) is 49.6 Å². The average Bonchev–Trinajstić information content (AvgIpc) is 3.26. The Bertz CT molecular complexity index is 1050. The Labute approximate surface area is 201 Å². The smallest absolute Gasteiger partial charge is 0.407 e. The molecule has 0 aliphatic carbocycles. The summed E-state index contributed by atoms with van der Waals surface area (Å²) in [7, 11) is 0. The molecule has 2 fully saturated rings. The van der Waals surface area contributed by atoms with Crippen LogP contribution in [0.2, 0.25) is 5.02 Å². The molecule has 1 N–H and O–H groups in total. The lowest BCUT2D eigenvalue weighted by Gasteiger charge is -2.34. The third-order valence-electron chi connectivity index (χ3n) is 6.84. The maximum atomic E-state index is 14.2. The van der Waals surface area contributed by atoms with Gasteiger partial charge in [0.15, 0.2) is 0 Å². The second kappa shape index (κ2) is 10.1. The lowest BCUT2D eigenvalue weighted by molar-refractivity contribution is -0.135. The van der Waals surface area contributed by atoms with Gasteiger partial charge in [-0.1, -0.05) is 17.7 Å². The van der Waals surface area contributed by atoms with E-state index in [1.54, 1.807) is 24.0 Å². The molecule has 0 radical (unpaired) electrons. The fraction of sp³-hybridized carbons (Fsp3) is 0.458. The molecule has 2 aromatic rings. The first-order valence-corrected chi connectivity index (χ1v) is 11.8. The van der Waals surface area contributed by atoms with Gasteiger partial charge in [0.1, 0.15) is 17.5 Å². The van der Waals surface area contributed by atoms with E-state index in [-0.39, 0.29) is 35.9 Å². The van der Waals surface area contributed by atoms with Gasteiger partial charge in [0.2, 0.25) is 5.91 Å². The molecule has 10 heteroatoms. The van der Waals surface area contributed by atoms with Crippen LogP contribution in [0.1, 0.15) is 31.2 Å². The summed E-state index contributed by atoms with van der Waals surface area (Å²) in [6.45, 7) is 3.82. The topological polar surface area (TPSA) is 77.0 Å². The number of aromatic nitrogens is 1. The normalized spacial score (nSPS) is 21.1. The Kier molecular flexibility index (Phi) is 7.21. The molecule has 2 atom stereocenters. The van der Waals surface area contributed by atoms with E-state index >= 15 is 0 Å². The van der Waals surface area contributed by atoms with E-state index in [2.05, 4.69) is 4.98 Å². The molecule has 2 saturated heterocycles. The highest BCUT2D eigenvalue weighted by Gasteiger charge is 2.42. The number of likely N-dealkylation sites (N-methyl/N-ethyl adjacent to an activating group) is 1. The molecule has 0 spiro atoms. The summed E-state index contributed by atoms with van der Waals surface area (Å²) in [6.07, 6.45) is 1.35. The molecule has 2 aliphatic rings.